The van der Waals surface area contributed by atoms with E-state index in [2.05, 4.69) is 80.5 Å². The molecular formula is C35H40N6O2. The maximum Gasteiger partial charge on any atom is 0.354 e. The minimum absolute atomic E-state index is 0.00889. The normalized spacial score (nSPS) is 17.0. The molecule has 1 amide bonds. The molecular weight excluding hydrogens is 536 g/mol. The zero-order valence-electron chi connectivity index (χ0n) is 25.8. The van der Waals surface area contributed by atoms with Gasteiger partial charge >= 0.3 is 5.69 Å². The van der Waals surface area contributed by atoms with Crippen LogP contribution in [-0.2, 0) is 17.8 Å². The molecule has 4 heterocycles. The molecule has 2 aromatic carbocycles. The third kappa shape index (κ3) is 4.98. The number of benzene rings is 2. The number of carbonyl (C=O) groups is 1. The lowest BCUT2D eigenvalue weighted by Crippen LogP contribution is -2.54. The van der Waals surface area contributed by atoms with Crippen molar-refractivity contribution in [3.05, 3.63) is 99.9 Å². The SMILES string of the molecule is C=CC(=O)N1CCN(c2nc(=O)n(-c3c(C)ccnc3C(C)C)c3c2CCN(c2cccc4cccc(C)c24)C3)[C@@H](C)C1. The molecule has 2 aromatic heterocycles. The first kappa shape index (κ1) is 28.6. The van der Waals surface area contributed by atoms with Crippen molar-refractivity contribution in [2.24, 2.45) is 0 Å². The van der Waals surface area contributed by atoms with E-state index < -0.39 is 0 Å². The van der Waals surface area contributed by atoms with Crippen LogP contribution in [-0.4, -0.2) is 57.6 Å². The highest BCUT2D eigenvalue weighted by atomic mass is 16.2. The van der Waals surface area contributed by atoms with E-state index in [1.807, 2.05) is 28.7 Å². The molecule has 1 saturated heterocycles. The van der Waals surface area contributed by atoms with E-state index in [-0.39, 0.29) is 23.6 Å². The number of pyridine rings is 1. The minimum atomic E-state index is -0.292. The van der Waals surface area contributed by atoms with Gasteiger partial charge in [-0.1, -0.05) is 50.8 Å². The Bertz CT molecular complexity index is 1790. The first-order chi connectivity index (χ1) is 20.7. The molecule has 0 N–H and O–H groups in total. The minimum Gasteiger partial charge on any atom is -0.365 e. The maximum atomic E-state index is 14.2. The van der Waals surface area contributed by atoms with Crippen molar-refractivity contribution in [1.82, 2.24) is 19.4 Å². The van der Waals surface area contributed by atoms with Crippen LogP contribution in [0.25, 0.3) is 16.5 Å². The summed E-state index contributed by atoms with van der Waals surface area (Å²) >= 11 is 0. The summed E-state index contributed by atoms with van der Waals surface area (Å²) in [5, 5.41) is 2.45. The predicted molar refractivity (Wildman–Crippen MR) is 173 cm³/mol. The highest BCUT2D eigenvalue weighted by molar-refractivity contribution is 5.97. The van der Waals surface area contributed by atoms with E-state index in [1.54, 1.807) is 0 Å². The van der Waals surface area contributed by atoms with Crippen molar-refractivity contribution in [2.45, 2.75) is 59.5 Å². The third-order valence-corrected chi connectivity index (χ3v) is 9.00. The molecule has 0 spiro atoms. The van der Waals surface area contributed by atoms with Gasteiger partial charge in [0.05, 0.1) is 23.6 Å². The van der Waals surface area contributed by atoms with Crippen molar-refractivity contribution in [3.63, 3.8) is 0 Å². The molecule has 8 heteroatoms. The number of nitrogens with zero attached hydrogens (tertiary/aromatic N) is 6. The number of aryl methyl sites for hydroxylation is 2. The summed E-state index contributed by atoms with van der Waals surface area (Å²) in [7, 11) is 0. The number of amides is 1. The number of hydrogen-bond donors (Lipinski definition) is 0. The lowest BCUT2D eigenvalue weighted by Gasteiger charge is -2.42. The first-order valence-electron chi connectivity index (χ1n) is 15.2. The average molecular weight is 577 g/mol. The second kappa shape index (κ2) is 11.3. The maximum absolute atomic E-state index is 14.2. The van der Waals surface area contributed by atoms with Crippen molar-refractivity contribution in [2.75, 3.05) is 36.0 Å². The predicted octanol–water partition coefficient (Wildman–Crippen LogP) is 5.31. The van der Waals surface area contributed by atoms with Gasteiger partial charge in [-0.3, -0.25) is 14.3 Å². The lowest BCUT2D eigenvalue weighted by atomic mass is 9.98. The van der Waals surface area contributed by atoms with Gasteiger partial charge in [-0.05, 0) is 67.8 Å². The van der Waals surface area contributed by atoms with Gasteiger partial charge in [0.1, 0.15) is 5.82 Å². The topological polar surface area (TPSA) is 74.6 Å². The number of hydrogen-bond acceptors (Lipinski definition) is 6. The van der Waals surface area contributed by atoms with Gasteiger partial charge in [-0.2, -0.15) is 4.98 Å². The zero-order chi connectivity index (χ0) is 30.4. The summed E-state index contributed by atoms with van der Waals surface area (Å²) in [5.41, 5.74) is 6.90. The van der Waals surface area contributed by atoms with Gasteiger partial charge in [0, 0.05) is 55.1 Å². The molecule has 222 valence electrons. The number of anilines is 2. The molecule has 0 unspecified atom stereocenters. The summed E-state index contributed by atoms with van der Waals surface area (Å²) in [6.45, 7) is 17.3. The molecule has 0 saturated carbocycles. The van der Waals surface area contributed by atoms with E-state index in [0.717, 1.165) is 47.0 Å². The van der Waals surface area contributed by atoms with Crippen LogP contribution in [0.5, 0.6) is 0 Å². The second-order valence-electron chi connectivity index (χ2n) is 12.1. The average Bonchev–Trinajstić information content (AvgIpc) is 3.00. The number of piperazine rings is 1. The van der Waals surface area contributed by atoms with Crippen LogP contribution in [0.3, 0.4) is 0 Å². The lowest BCUT2D eigenvalue weighted by molar-refractivity contribution is -0.126. The molecule has 43 heavy (non-hydrogen) atoms. The monoisotopic (exact) mass is 576 g/mol. The summed E-state index contributed by atoms with van der Waals surface area (Å²) in [5.74, 6) is 0.815. The molecule has 6 rings (SSSR count). The Labute approximate surface area is 253 Å². The van der Waals surface area contributed by atoms with Crippen LogP contribution in [0.2, 0.25) is 0 Å². The summed E-state index contributed by atoms with van der Waals surface area (Å²) in [4.78, 5) is 42.5. The number of carbonyl (C=O) groups excluding carboxylic acids is 1. The van der Waals surface area contributed by atoms with Crippen molar-refractivity contribution in [1.29, 1.82) is 0 Å². The van der Waals surface area contributed by atoms with E-state index in [0.29, 0.717) is 26.2 Å². The molecule has 2 aliphatic heterocycles. The number of aromatic nitrogens is 3. The Morgan fingerprint density at radius 2 is 1.81 bits per heavy atom. The van der Waals surface area contributed by atoms with Crippen molar-refractivity contribution < 1.29 is 4.79 Å². The van der Waals surface area contributed by atoms with E-state index in [1.165, 1.54) is 28.1 Å². The van der Waals surface area contributed by atoms with Crippen LogP contribution < -0.4 is 15.5 Å². The van der Waals surface area contributed by atoms with Gasteiger partial charge in [0.15, 0.2) is 0 Å². The Morgan fingerprint density at radius 3 is 2.53 bits per heavy atom. The van der Waals surface area contributed by atoms with Crippen molar-refractivity contribution in [3.8, 4) is 5.69 Å². The molecule has 0 aliphatic carbocycles. The van der Waals surface area contributed by atoms with Crippen molar-refractivity contribution >= 4 is 28.2 Å². The molecule has 8 nitrogen and oxygen atoms in total. The zero-order valence-corrected chi connectivity index (χ0v) is 25.8. The third-order valence-electron chi connectivity index (χ3n) is 9.00. The Hall–Kier alpha value is -4.46. The molecule has 2 aliphatic rings. The van der Waals surface area contributed by atoms with Crippen LogP contribution >= 0.6 is 0 Å². The highest BCUT2D eigenvalue weighted by Gasteiger charge is 2.33. The summed E-state index contributed by atoms with van der Waals surface area (Å²) in [6.07, 6.45) is 3.94. The van der Waals surface area contributed by atoms with Crippen LogP contribution in [0.1, 0.15) is 54.8 Å². The fraction of sp³-hybridized carbons (Fsp3) is 0.371. The molecule has 1 fully saturated rings. The van der Waals surface area contributed by atoms with Crippen LogP contribution in [0.4, 0.5) is 11.5 Å². The highest BCUT2D eigenvalue weighted by Crippen LogP contribution is 2.37. The first-order valence-corrected chi connectivity index (χ1v) is 15.2. The van der Waals surface area contributed by atoms with Gasteiger partial charge in [0.2, 0.25) is 5.91 Å². The summed E-state index contributed by atoms with van der Waals surface area (Å²) in [6, 6.07) is 14.9. The standard InChI is InChI=1S/C35H40N6O2/c1-7-30(42)39-18-19-40(25(6)20-39)34-27-15-17-38(28-13-9-12-26-11-8-10-23(4)31(26)28)21-29(27)41(35(43)37-34)33-24(5)14-16-36-32(33)22(2)3/h7-14,16,22,25H,1,15,17-21H2,2-6H3/t25-/m0/s1. The van der Waals surface area contributed by atoms with E-state index in [4.69, 9.17) is 9.97 Å². The summed E-state index contributed by atoms with van der Waals surface area (Å²) < 4.78 is 1.84. The van der Waals surface area contributed by atoms with E-state index >= 15 is 0 Å². The fourth-order valence-corrected chi connectivity index (χ4v) is 6.85. The van der Waals surface area contributed by atoms with Gasteiger partial charge in [-0.25, -0.2) is 4.79 Å². The van der Waals surface area contributed by atoms with Gasteiger partial charge in [0.25, 0.3) is 0 Å². The Morgan fingerprint density at radius 1 is 1.05 bits per heavy atom. The molecule has 4 aromatic rings. The largest absolute Gasteiger partial charge is 0.365 e. The number of fused-ring (bicyclic) bond motifs is 2. The van der Waals surface area contributed by atoms with E-state index in [9.17, 15) is 9.59 Å². The molecule has 0 radical (unpaired) electrons. The second-order valence-corrected chi connectivity index (χ2v) is 12.1. The quantitative estimate of drug-likeness (QED) is 0.300. The Kier molecular flexibility index (Phi) is 7.54. The van der Waals surface area contributed by atoms with Gasteiger partial charge in [-0.15, -0.1) is 0 Å². The molecule has 1 atom stereocenters. The Balaban J connectivity index is 1.53. The number of rotatable bonds is 5. The van der Waals surface area contributed by atoms with Crippen LogP contribution in [0, 0.1) is 13.8 Å². The fourth-order valence-electron chi connectivity index (χ4n) is 6.85. The van der Waals surface area contributed by atoms with Crippen LogP contribution in [0.15, 0.2) is 66.1 Å². The smallest absolute Gasteiger partial charge is 0.354 e. The molecule has 0 bridgehead atoms. The van der Waals surface area contributed by atoms with Gasteiger partial charge < -0.3 is 14.7 Å².